The summed E-state index contributed by atoms with van der Waals surface area (Å²) in [6, 6.07) is 0. The van der Waals surface area contributed by atoms with Crippen LogP contribution in [0.1, 0.15) is 19.8 Å². The van der Waals surface area contributed by atoms with Crippen LogP contribution < -0.4 is 0 Å². The highest BCUT2D eigenvalue weighted by Crippen LogP contribution is 2.06. The maximum absolute atomic E-state index is 11.4. The molecule has 0 saturated carbocycles. The lowest BCUT2D eigenvalue weighted by molar-refractivity contribution is -0.873. The highest BCUT2D eigenvalue weighted by molar-refractivity contribution is 5.72. The number of hydrogen-bond donors (Lipinski definition) is 1. The van der Waals surface area contributed by atoms with Crippen molar-refractivity contribution in [3.8, 4) is 0 Å². The number of carbonyl (C=O) groups is 2. The lowest BCUT2D eigenvalue weighted by Gasteiger charge is -2.28. The minimum atomic E-state index is -0.956. The van der Waals surface area contributed by atoms with Gasteiger partial charge in [0.15, 0.2) is 6.10 Å². The van der Waals surface area contributed by atoms with E-state index in [0.717, 1.165) is 0 Å². The number of ether oxygens (including phenoxy) is 1. The molecule has 0 aliphatic rings. The second-order valence-electron chi connectivity index (χ2n) is 4.96. The normalized spacial score (nSPS) is 13.6. The largest absolute Gasteiger partial charge is 0.481 e. The maximum Gasteiger partial charge on any atom is 0.310 e. The van der Waals surface area contributed by atoms with E-state index in [4.69, 9.17) is 9.84 Å². The number of aliphatic carboxylic acids is 1. The molecular weight excluding hydrogens is 222 g/mol. The molecule has 0 aromatic rings. The van der Waals surface area contributed by atoms with Crippen molar-refractivity contribution in [1.82, 2.24) is 0 Å². The van der Waals surface area contributed by atoms with Crippen LogP contribution in [0.25, 0.3) is 0 Å². The molecule has 1 N–H and O–H groups in total. The number of rotatable bonds is 7. The molecule has 0 aliphatic heterocycles. The highest BCUT2D eigenvalue weighted by atomic mass is 16.5. The Hall–Kier alpha value is -1.36. The Kier molecular flexibility index (Phi) is 6.50. The molecule has 5 heteroatoms. The van der Waals surface area contributed by atoms with Crippen molar-refractivity contribution in [3.63, 3.8) is 0 Å². The minimum Gasteiger partial charge on any atom is -0.481 e. The molecule has 0 saturated heterocycles. The number of allylic oxidation sites excluding steroid dienone is 1. The molecule has 1 atom stereocenters. The molecule has 0 aromatic carbocycles. The van der Waals surface area contributed by atoms with Gasteiger partial charge in [0.05, 0.1) is 34.0 Å². The Labute approximate surface area is 102 Å². The number of carboxylic acid groups (broad SMARTS) is 1. The topological polar surface area (TPSA) is 63.6 Å². The van der Waals surface area contributed by atoms with Crippen LogP contribution >= 0.6 is 0 Å². The van der Waals surface area contributed by atoms with Crippen molar-refractivity contribution >= 4 is 11.9 Å². The van der Waals surface area contributed by atoms with Crippen molar-refractivity contribution < 1.29 is 23.9 Å². The average molecular weight is 244 g/mol. The van der Waals surface area contributed by atoms with Gasteiger partial charge in [-0.1, -0.05) is 12.2 Å². The smallest absolute Gasteiger partial charge is 0.310 e. The van der Waals surface area contributed by atoms with E-state index in [9.17, 15) is 9.59 Å². The molecule has 0 heterocycles. The van der Waals surface area contributed by atoms with Crippen molar-refractivity contribution in [3.05, 3.63) is 12.2 Å². The third-order valence-corrected chi connectivity index (χ3v) is 1.97. The fourth-order valence-corrected chi connectivity index (χ4v) is 1.40. The summed E-state index contributed by atoms with van der Waals surface area (Å²) in [6.45, 7) is 2.29. The van der Waals surface area contributed by atoms with E-state index in [2.05, 4.69) is 0 Å². The summed E-state index contributed by atoms with van der Waals surface area (Å²) in [4.78, 5) is 22.1. The third kappa shape index (κ3) is 9.56. The summed E-state index contributed by atoms with van der Waals surface area (Å²) in [6.07, 6.45) is 2.89. The van der Waals surface area contributed by atoms with Crippen molar-refractivity contribution in [2.75, 3.05) is 27.7 Å². The molecule has 0 rings (SSSR count). The number of esters is 1. The van der Waals surface area contributed by atoms with E-state index < -0.39 is 12.1 Å². The fourth-order valence-electron chi connectivity index (χ4n) is 1.40. The van der Waals surface area contributed by atoms with Gasteiger partial charge in [0, 0.05) is 0 Å². The summed E-state index contributed by atoms with van der Waals surface area (Å²) in [5, 5.41) is 8.76. The van der Waals surface area contributed by atoms with Gasteiger partial charge in [0.25, 0.3) is 0 Å². The van der Waals surface area contributed by atoms with Crippen LogP contribution in [0.3, 0.4) is 0 Å². The molecular formula is C12H22NO4+. The average Bonchev–Trinajstić information content (AvgIpc) is 2.10. The van der Waals surface area contributed by atoms with Crippen LogP contribution in [-0.2, 0) is 14.3 Å². The second-order valence-corrected chi connectivity index (χ2v) is 4.96. The van der Waals surface area contributed by atoms with Crippen LogP contribution in [-0.4, -0.2) is 55.3 Å². The van der Waals surface area contributed by atoms with Crippen molar-refractivity contribution in [1.29, 1.82) is 0 Å². The van der Waals surface area contributed by atoms with E-state index in [1.165, 1.54) is 0 Å². The number of quaternary nitrogens is 1. The molecule has 5 nitrogen and oxygen atoms in total. The molecule has 0 radical (unpaired) electrons. The Morgan fingerprint density at radius 1 is 1.35 bits per heavy atom. The van der Waals surface area contributed by atoms with Gasteiger partial charge >= 0.3 is 11.9 Å². The fraction of sp³-hybridized carbons (Fsp3) is 0.667. The number of hydrogen-bond acceptors (Lipinski definition) is 3. The van der Waals surface area contributed by atoms with Crippen molar-refractivity contribution in [2.24, 2.45) is 0 Å². The molecule has 0 aliphatic carbocycles. The third-order valence-electron chi connectivity index (χ3n) is 1.97. The molecule has 0 aromatic heterocycles. The zero-order valence-corrected chi connectivity index (χ0v) is 11.0. The van der Waals surface area contributed by atoms with Crippen LogP contribution in [0.5, 0.6) is 0 Å². The first-order valence-electron chi connectivity index (χ1n) is 5.57. The van der Waals surface area contributed by atoms with Gasteiger partial charge in [-0.3, -0.25) is 9.59 Å². The molecule has 17 heavy (non-hydrogen) atoms. The van der Waals surface area contributed by atoms with Gasteiger partial charge < -0.3 is 14.3 Å². The van der Waals surface area contributed by atoms with E-state index >= 15 is 0 Å². The standard InChI is InChI=1S/C12H21NO4/c1-5-6-7-12(16)17-10(8-11(14)15)9-13(2,3)4/h5-6,10H,7-9H2,1-4H3/p+1/b6-5+. The number of likely N-dealkylation sites (N-methyl/N-ethyl adjacent to an activating group) is 1. The quantitative estimate of drug-likeness (QED) is 0.413. The maximum atomic E-state index is 11.4. The molecule has 0 bridgehead atoms. The first-order valence-corrected chi connectivity index (χ1v) is 5.57. The van der Waals surface area contributed by atoms with E-state index in [1.54, 1.807) is 12.2 Å². The first kappa shape index (κ1) is 15.6. The molecule has 1 unspecified atom stereocenters. The van der Waals surface area contributed by atoms with E-state index in [0.29, 0.717) is 11.0 Å². The Morgan fingerprint density at radius 3 is 2.35 bits per heavy atom. The summed E-state index contributed by atoms with van der Waals surface area (Å²) >= 11 is 0. The van der Waals surface area contributed by atoms with Gasteiger partial charge in [0.2, 0.25) is 0 Å². The van der Waals surface area contributed by atoms with Gasteiger partial charge in [-0.25, -0.2) is 0 Å². The lowest BCUT2D eigenvalue weighted by atomic mass is 10.2. The Balaban J connectivity index is 4.37. The van der Waals surface area contributed by atoms with Crippen LogP contribution in [0.15, 0.2) is 12.2 Å². The zero-order valence-electron chi connectivity index (χ0n) is 11.0. The minimum absolute atomic E-state index is 0.156. The second kappa shape index (κ2) is 7.06. The number of nitrogens with zero attached hydrogens (tertiary/aromatic N) is 1. The van der Waals surface area contributed by atoms with Crippen LogP contribution in [0, 0.1) is 0 Å². The monoisotopic (exact) mass is 244 g/mol. The van der Waals surface area contributed by atoms with Gasteiger partial charge in [-0.15, -0.1) is 0 Å². The lowest BCUT2D eigenvalue weighted by Crippen LogP contribution is -2.43. The summed E-state index contributed by atoms with van der Waals surface area (Å²) in [7, 11) is 5.78. The van der Waals surface area contributed by atoms with E-state index in [1.807, 2.05) is 28.1 Å². The van der Waals surface area contributed by atoms with Crippen molar-refractivity contribution in [2.45, 2.75) is 25.9 Å². The summed E-state index contributed by atoms with van der Waals surface area (Å²) in [5.74, 6) is -1.34. The predicted octanol–water partition coefficient (Wildman–Crippen LogP) is 1.05. The molecule has 0 fully saturated rings. The Bertz CT molecular complexity index is 291. The zero-order chi connectivity index (χ0) is 13.5. The number of carbonyl (C=O) groups excluding carboxylic acids is 1. The Morgan fingerprint density at radius 2 is 1.94 bits per heavy atom. The van der Waals surface area contributed by atoms with Crippen LogP contribution in [0.2, 0.25) is 0 Å². The molecule has 0 spiro atoms. The van der Waals surface area contributed by atoms with Gasteiger partial charge in [-0.2, -0.15) is 0 Å². The highest BCUT2D eigenvalue weighted by Gasteiger charge is 2.24. The SMILES string of the molecule is C/C=C/CC(=O)OC(CC(=O)O)C[N+](C)(C)C. The molecule has 0 amide bonds. The summed E-state index contributed by atoms with van der Waals surface area (Å²) < 4.78 is 5.70. The summed E-state index contributed by atoms with van der Waals surface area (Å²) in [5.41, 5.74) is 0. The van der Waals surface area contributed by atoms with Gasteiger partial charge in [-0.05, 0) is 6.92 Å². The molecule has 98 valence electrons. The van der Waals surface area contributed by atoms with Crippen LogP contribution in [0.4, 0.5) is 0 Å². The van der Waals surface area contributed by atoms with E-state index in [-0.39, 0.29) is 18.8 Å². The predicted molar refractivity (Wildman–Crippen MR) is 64.5 cm³/mol. The van der Waals surface area contributed by atoms with Gasteiger partial charge in [0.1, 0.15) is 6.54 Å². The first-order chi connectivity index (χ1) is 7.74. The number of carboxylic acids is 1.